The molecule has 58 heavy (non-hydrogen) atoms. The van der Waals surface area contributed by atoms with Gasteiger partial charge in [0, 0.05) is 52.9 Å². The highest BCUT2D eigenvalue weighted by Crippen LogP contribution is 2.36. The van der Waals surface area contributed by atoms with E-state index in [1.54, 1.807) is 55.5 Å². The lowest BCUT2D eigenvalue weighted by Crippen LogP contribution is -2.47. The maximum atomic E-state index is 14.7. The lowest BCUT2D eigenvalue weighted by molar-refractivity contribution is -0.134. The van der Waals surface area contributed by atoms with Crippen LogP contribution in [0, 0.1) is 25.9 Å². The Hall–Kier alpha value is -5.55. The van der Waals surface area contributed by atoms with Crippen molar-refractivity contribution in [3.8, 4) is 11.1 Å². The van der Waals surface area contributed by atoms with Gasteiger partial charge in [-0.25, -0.2) is 14.1 Å². The molecule has 8 nitrogen and oxygen atoms in total. The second-order valence-electron chi connectivity index (χ2n) is 15.3. The van der Waals surface area contributed by atoms with Crippen LogP contribution >= 0.6 is 23.2 Å². The quantitative estimate of drug-likeness (QED) is 0.129. The molecule has 0 radical (unpaired) electrons. The number of ketones is 2. The van der Waals surface area contributed by atoms with E-state index in [4.69, 9.17) is 36.3 Å². The molecule has 0 aliphatic carbocycles. The Labute approximate surface area is 348 Å². The number of aliphatic hydroxyl groups is 2. The normalized spacial score (nSPS) is 14.9. The number of Topliss-reactive ketones (excluding diaryl/α,β-unsaturated/α-hetero) is 2. The standard InChI is InChI=1S/C26H22ClFN2O2.C21H21ClN2O2/c1-26(32,25(31)13-17-8-9-23(29-2)21(27)12-17)16-30-11-10-19-14-22(28)20(15-24(19)30)18-6-4-3-5-7-18;1-14-4-7-19-16(10-14)8-9-24(19)13-21(2,26)20(25)12-15-5-6-18(23-3)17(22)11-15/h3-9,12,14-15,32H,10-11,13,16H2,1H3;4-7,10-11,26H,8-9,12-13H2,1-2H3/t26-;21-/m00/s1. The molecule has 2 aliphatic rings. The van der Waals surface area contributed by atoms with Crippen molar-refractivity contribution in [2.75, 3.05) is 36.0 Å². The fourth-order valence-electron chi connectivity index (χ4n) is 7.41. The first-order valence-corrected chi connectivity index (χ1v) is 19.6. The second kappa shape index (κ2) is 17.5. The molecule has 2 heterocycles. The highest BCUT2D eigenvalue weighted by atomic mass is 35.5. The minimum atomic E-state index is -1.60. The number of hydrogen-bond donors (Lipinski definition) is 2. The van der Waals surface area contributed by atoms with Crippen LogP contribution < -0.4 is 9.80 Å². The van der Waals surface area contributed by atoms with Crippen molar-refractivity contribution < 1.29 is 24.2 Å². The summed E-state index contributed by atoms with van der Waals surface area (Å²) in [5, 5.41) is 22.4. The van der Waals surface area contributed by atoms with Crippen LogP contribution in [-0.2, 0) is 35.3 Å². The van der Waals surface area contributed by atoms with Gasteiger partial charge in [-0.1, -0.05) is 108 Å². The maximum absolute atomic E-state index is 14.7. The Kier molecular flexibility index (Phi) is 12.7. The van der Waals surface area contributed by atoms with Crippen molar-refractivity contribution >= 4 is 57.5 Å². The number of benzene rings is 5. The van der Waals surface area contributed by atoms with E-state index in [9.17, 15) is 24.2 Å². The van der Waals surface area contributed by atoms with Crippen LogP contribution in [0.5, 0.6) is 0 Å². The number of rotatable bonds is 11. The molecule has 0 spiro atoms. The van der Waals surface area contributed by atoms with Crippen molar-refractivity contribution in [1.29, 1.82) is 0 Å². The van der Waals surface area contributed by atoms with Crippen molar-refractivity contribution in [1.82, 2.24) is 0 Å². The zero-order valence-corrected chi connectivity index (χ0v) is 34.0. The average Bonchev–Trinajstić information content (AvgIpc) is 3.76. The molecule has 0 aromatic heterocycles. The summed E-state index contributed by atoms with van der Waals surface area (Å²) in [7, 11) is 0. The number of halogens is 3. The van der Waals surface area contributed by atoms with Gasteiger partial charge < -0.3 is 20.0 Å². The van der Waals surface area contributed by atoms with E-state index >= 15 is 0 Å². The van der Waals surface area contributed by atoms with Crippen LogP contribution in [0.15, 0.2) is 97.1 Å². The van der Waals surface area contributed by atoms with Gasteiger partial charge in [0.05, 0.1) is 26.2 Å². The molecular weight excluding hydrogens is 774 g/mol. The molecule has 2 aliphatic heterocycles. The van der Waals surface area contributed by atoms with E-state index in [1.807, 2.05) is 35.2 Å². The van der Waals surface area contributed by atoms with Crippen molar-refractivity contribution in [3.05, 3.63) is 164 Å². The highest BCUT2D eigenvalue weighted by molar-refractivity contribution is 6.33. The van der Waals surface area contributed by atoms with Crippen molar-refractivity contribution in [3.63, 3.8) is 0 Å². The molecule has 2 atom stereocenters. The average molecular weight is 818 g/mol. The van der Waals surface area contributed by atoms with Crippen molar-refractivity contribution in [2.45, 2.75) is 57.7 Å². The van der Waals surface area contributed by atoms with Crippen LogP contribution in [0.1, 0.15) is 41.7 Å². The summed E-state index contributed by atoms with van der Waals surface area (Å²) in [6.07, 6.45) is 1.66. The van der Waals surface area contributed by atoms with Gasteiger partial charge in [-0.15, -0.1) is 0 Å². The summed E-state index contributed by atoms with van der Waals surface area (Å²) in [6, 6.07) is 28.7. The number of β-amino-alcohol motifs (C(OH)–C–C–N with tert-alkyl or cyclic N) is 2. The van der Waals surface area contributed by atoms with Gasteiger partial charge in [0.2, 0.25) is 11.4 Å². The largest absolute Gasteiger partial charge is 0.380 e. The van der Waals surface area contributed by atoms with Gasteiger partial charge in [-0.05, 0) is 79.6 Å². The van der Waals surface area contributed by atoms with E-state index in [0.29, 0.717) is 46.1 Å². The third-order valence-electron chi connectivity index (χ3n) is 10.7. The van der Waals surface area contributed by atoms with E-state index in [1.165, 1.54) is 18.1 Å². The lowest BCUT2D eigenvalue weighted by atomic mass is 9.94. The second-order valence-corrected chi connectivity index (χ2v) is 16.2. The minimum absolute atomic E-state index is 0.00435. The zero-order valence-electron chi connectivity index (χ0n) is 32.5. The first kappa shape index (κ1) is 42.1. The van der Waals surface area contributed by atoms with Crippen LogP contribution in [0.3, 0.4) is 0 Å². The van der Waals surface area contributed by atoms with Crippen molar-refractivity contribution in [2.24, 2.45) is 0 Å². The van der Waals surface area contributed by atoms with Gasteiger partial charge >= 0.3 is 0 Å². The predicted molar refractivity (Wildman–Crippen MR) is 229 cm³/mol. The van der Waals surface area contributed by atoms with E-state index in [0.717, 1.165) is 35.5 Å². The SMILES string of the molecule is [C-]#[N+]c1ccc(CC(=O)[C@@](C)(O)CN2CCc3cc(C)ccc32)cc1Cl.[C-]#[N+]c1ccc(CC(=O)[C@@](C)(O)CN2CCc3cc(F)c(-c4ccccc4)cc32)cc1Cl. The van der Waals surface area contributed by atoms with Crippen LogP contribution in [0.25, 0.3) is 20.8 Å². The molecule has 0 saturated carbocycles. The molecule has 0 saturated heterocycles. The molecule has 0 amide bonds. The molecule has 2 N–H and O–H groups in total. The Bertz CT molecular complexity index is 2460. The topological polar surface area (TPSA) is 89.8 Å². The van der Waals surface area contributed by atoms with Crippen LogP contribution in [0.2, 0.25) is 10.0 Å². The van der Waals surface area contributed by atoms with Crippen LogP contribution in [0.4, 0.5) is 27.1 Å². The molecule has 0 fully saturated rings. The number of carbonyl (C=O) groups is 2. The van der Waals surface area contributed by atoms with E-state index in [-0.39, 0.29) is 48.3 Å². The number of anilines is 2. The fraction of sp³-hybridized carbons (Fsp3) is 0.277. The molecule has 11 heteroatoms. The highest BCUT2D eigenvalue weighted by Gasteiger charge is 2.36. The molecule has 296 valence electrons. The maximum Gasteiger partial charge on any atom is 0.205 e. The van der Waals surface area contributed by atoms with E-state index < -0.39 is 11.2 Å². The van der Waals surface area contributed by atoms with Gasteiger partial charge in [0.1, 0.15) is 17.0 Å². The summed E-state index contributed by atoms with van der Waals surface area (Å²) in [4.78, 5) is 36.2. The zero-order chi connectivity index (χ0) is 41.8. The predicted octanol–water partition coefficient (Wildman–Crippen LogP) is 9.75. The van der Waals surface area contributed by atoms with Crippen LogP contribution in [-0.4, -0.2) is 59.2 Å². The Morgan fingerprint density at radius 3 is 1.71 bits per heavy atom. The van der Waals surface area contributed by atoms with Gasteiger partial charge in [-0.2, -0.15) is 0 Å². The number of aryl methyl sites for hydroxylation is 1. The third kappa shape index (κ3) is 9.58. The summed E-state index contributed by atoms with van der Waals surface area (Å²) >= 11 is 12.1. The van der Waals surface area contributed by atoms with Gasteiger partial charge in [-0.3, -0.25) is 9.59 Å². The number of carbonyl (C=O) groups excluding carboxylic acids is 2. The first-order chi connectivity index (χ1) is 27.6. The number of nitrogens with zero attached hydrogens (tertiary/aromatic N) is 4. The Balaban J connectivity index is 0.000000200. The van der Waals surface area contributed by atoms with E-state index in [2.05, 4.69) is 39.7 Å². The molecule has 0 bridgehead atoms. The smallest absolute Gasteiger partial charge is 0.205 e. The monoisotopic (exact) mass is 816 g/mol. The number of fused-ring (bicyclic) bond motifs is 2. The van der Waals surface area contributed by atoms with Gasteiger partial charge in [0.25, 0.3) is 0 Å². The molecule has 0 unspecified atom stereocenters. The Morgan fingerprint density at radius 1 is 0.707 bits per heavy atom. The Morgan fingerprint density at radius 2 is 1.21 bits per heavy atom. The lowest BCUT2D eigenvalue weighted by Gasteiger charge is -2.30. The number of hydrogen-bond acceptors (Lipinski definition) is 6. The molecule has 7 rings (SSSR count). The van der Waals surface area contributed by atoms with Gasteiger partial charge in [0.15, 0.2) is 11.6 Å². The molecular formula is C47H43Cl2FN4O4. The molecule has 5 aromatic rings. The molecule has 5 aromatic carbocycles. The first-order valence-electron chi connectivity index (χ1n) is 18.9. The third-order valence-corrected chi connectivity index (χ3v) is 11.3. The minimum Gasteiger partial charge on any atom is -0.380 e. The summed E-state index contributed by atoms with van der Waals surface area (Å²) in [5.74, 6) is -0.882. The fourth-order valence-corrected chi connectivity index (χ4v) is 7.90. The summed E-state index contributed by atoms with van der Waals surface area (Å²) < 4.78 is 14.7. The summed E-state index contributed by atoms with van der Waals surface area (Å²) in [5.41, 5.74) is 5.51. The summed E-state index contributed by atoms with van der Waals surface area (Å²) in [6.45, 7) is 21.0.